The molecule has 3 saturated heterocycles. The van der Waals surface area contributed by atoms with Crippen molar-refractivity contribution in [3.63, 3.8) is 0 Å². The molecule has 27 heteroatoms. The number of carbonyl (C=O) groups excluding carboxylic acids is 2. The summed E-state index contributed by atoms with van der Waals surface area (Å²) in [5.74, 6) is -0.562. The van der Waals surface area contributed by atoms with Gasteiger partial charge in [-0.2, -0.15) is 25.3 Å². The van der Waals surface area contributed by atoms with E-state index < -0.39 is 52.2 Å². The van der Waals surface area contributed by atoms with E-state index in [4.69, 9.17) is 27.4 Å². The first-order valence-corrected chi connectivity index (χ1v) is 31.9. The molecule has 1 unspecified atom stereocenters. The van der Waals surface area contributed by atoms with Gasteiger partial charge in [-0.25, -0.2) is 18.4 Å². The fraction of sp³-hybridized carbons (Fsp3) is 0.240. The number of benzene rings is 5. The number of anilines is 5. The topological polar surface area (TPSA) is 234 Å². The normalized spacial score (nSPS) is 17.6. The Labute approximate surface area is 464 Å². The van der Waals surface area contributed by atoms with Gasteiger partial charge in [-0.15, -0.1) is 26.4 Å². The fourth-order valence-electron chi connectivity index (χ4n) is 8.78. The van der Waals surface area contributed by atoms with Crippen molar-refractivity contribution in [1.82, 2.24) is 14.9 Å². The standard InChI is InChI=1S/C27H25N3O8S4.C23H23Cl2N5O3S2/c1-19-3-9-22(10-4-19)40(32,33)30(27-28-16-18-39-27)41(34,35)23-13-7-21(8-14-23)29-17-15-25(26(29)31)38-42(36,37)24-11-5-20(2)6-12-24;24-16-13-17(25)15-19(14-16)28-8-10-29(11-9-28)21-5-7-30(22(21)31)18-1-3-20(4-2-18)35(32,33)27-23-26-6-12-34-23/h3-14,16,18,25H,15,17H2,1-2H3;1-4,6,12-15,21H,5,7-11H2,(H,26,27)/t25-;/m1./s1. The predicted octanol–water partition coefficient (Wildman–Crippen LogP) is 8.03. The van der Waals surface area contributed by atoms with Gasteiger partial charge < -0.3 is 14.7 Å². The number of halogens is 2. The van der Waals surface area contributed by atoms with Crippen molar-refractivity contribution in [3.05, 3.63) is 160 Å². The fourth-order valence-corrected chi connectivity index (χ4v) is 16.8. The van der Waals surface area contributed by atoms with E-state index >= 15 is 0 Å². The number of thiazole rings is 2. The van der Waals surface area contributed by atoms with Crippen LogP contribution in [0.1, 0.15) is 24.0 Å². The molecule has 5 heterocycles. The van der Waals surface area contributed by atoms with Crippen molar-refractivity contribution in [1.29, 1.82) is 0 Å². The lowest BCUT2D eigenvalue weighted by molar-refractivity contribution is -0.123. The monoisotopic (exact) mass is 1200 g/mol. The van der Waals surface area contributed by atoms with E-state index in [2.05, 4.69) is 24.5 Å². The van der Waals surface area contributed by atoms with Gasteiger partial charge >= 0.3 is 0 Å². The van der Waals surface area contributed by atoms with E-state index in [-0.39, 0.29) is 49.6 Å². The van der Waals surface area contributed by atoms with Crippen LogP contribution in [0.15, 0.2) is 158 Å². The number of hydrogen-bond donors (Lipinski definition) is 1. The Kier molecular flexibility index (Phi) is 16.5. The zero-order valence-corrected chi connectivity index (χ0v) is 47.3. The van der Waals surface area contributed by atoms with Crippen LogP contribution in [0, 0.1) is 13.8 Å². The minimum Gasteiger partial charge on any atom is -0.369 e. The maximum Gasteiger partial charge on any atom is 0.297 e. The predicted molar refractivity (Wildman–Crippen MR) is 297 cm³/mol. The van der Waals surface area contributed by atoms with Gasteiger partial charge in [0.25, 0.3) is 46.1 Å². The van der Waals surface area contributed by atoms with Gasteiger partial charge in [0.2, 0.25) is 11.0 Å². The minimum atomic E-state index is -4.68. The molecule has 19 nitrogen and oxygen atoms in total. The van der Waals surface area contributed by atoms with Crippen molar-refractivity contribution in [2.45, 2.75) is 58.4 Å². The van der Waals surface area contributed by atoms with E-state index in [0.717, 1.165) is 60.8 Å². The molecule has 0 aliphatic carbocycles. The van der Waals surface area contributed by atoms with Gasteiger partial charge in [0.1, 0.15) is 0 Å². The summed E-state index contributed by atoms with van der Waals surface area (Å²) in [4.78, 5) is 41.1. The maximum atomic E-state index is 13.7. The van der Waals surface area contributed by atoms with Crippen LogP contribution in [-0.4, -0.2) is 112 Å². The Morgan fingerprint density at radius 1 is 0.571 bits per heavy atom. The van der Waals surface area contributed by atoms with Crippen molar-refractivity contribution in [2.75, 3.05) is 62.4 Å². The van der Waals surface area contributed by atoms with Crippen LogP contribution in [0.4, 0.5) is 27.3 Å². The van der Waals surface area contributed by atoms with Crippen LogP contribution < -0.4 is 23.1 Å². The number of aryl methyl sites for hydroxylation is 2. The largest absolute Gasteiger partial charge is 0.369 e. The average molecular weight is 1200 g/mol. The first-order valence-electron chi connectivity index (χ1n) is 23.6. The highest BCUT2D eigenvalue weighted by Crippen LogP contribution is 2.35. The van der Waals surface area contributed by atoms with Gasteiger partial charge in [-0.1, -0.05) is 58.6 Å². The highest BCUT2D eigenvalue weighted by molar-refractivity contribution is 8.10. The molecule has 404 valence electrons. The van der Waals surface area contributed by atoms with E-state index in [1.54, 1.807) is 59.7 Å². The highest BCUT2D eigenvalue weighted by Gasteiger charge is 2.41. The molecule has 10 rings (SSSR count). The third kappa shape index (κ3) is 12.3. The first kappa shape index (κ1) is 55.7. The van der Waals surface area contributed by atoms with Crippen molar-refractivity contribution >= 4 is 125 Å². The molecule has 1 N–H and O–H groups in total. The Morgan fingerprint density at radius 3 is 1.60 bits per heavy atom. The number of nitrogens with zero attached hydrogens (tertiary/aromatic N) is 7. The van der Waals surface area contributed by atoms with Crippen LogP contribution in [0.2, 0.25) is 10.0 Å². The number of amides is 2. The Balaban J connectivity index is 0.000000191. The third-order valence-corrected chi connectivity index (χ3v) is 21.8. The zero-order valence-electron chi connectivity index (χ0n) is 40.9. The Hall–Kier alpha value is -6.00. The number of hydrogen-bond acceptors (Lipinski definition) is 17. The molecule has 2 aromatic heterocycles. The number of aromatic nitrogens is 2. The molecule has 2 amide bonds. The van der Waals surface area contributed by atoms with Crippen molar-refractivity contribution in [3.8, 4) is 0 Å². The van der Waals surface area contributed by atoms with Crippen molar-refractivity contribution < 1.29 is 47.4 Å². The molecule has 3 aliphatic rings. The number of carbonyl (C=O) groups is 2. The molecule has 7 aromatic rings. The van der Waals surface area contributed by atoms with Crippen LogP contribution in [0.25, 0.3) is 0 Å². The lowest BCUT2D eigenvalue weighted by Crippen LogP contribution is -2.52. The number of rotatable bonds is 15. The quantitative estimate of drug-likeness (QED) is 0.0957. The van der Waals surface area contributed by atoms with Crippen LogP contribution in [-0.2, 0) is 54.0 Å². The molecule has 5 aromatic carbocycles. The second kappa shape index (κ2) is 22.8. The van der Waals surface area contributed by atoms with Crippen molar-refractivity contribution in [2.24, 2.45) is 0 Å². The number of piperazine rings is 1. The Morgan fingerprint density at radius 2 is 1.06 bits per heavy atom. The zero-order chi connectivity index (χ0) is 54.9. The van der Waals surface area contributed by atoms with E-state index in [9.17, 15) is 43.3 Å². The molecule has 0 saturated carbocycles. The van der Waals surface area contributed by atoms with Crippen LogP contribution in [0.3, 0.4) is 0 Å². The maximum absolute atomic E-state index is 13.7. The first-order chi connectivity index (χ1) is 36.6. The smallest absolute Gasteiger partial charge is 0.297 e. The molecule has 0 bridgehead atoms. The summed E-state index contributed by atoms with van der Waals surface area (Å²) in [5.41, 5.74) is 3.63. The molecule has 0 radical (unpaired) electrons. The number of sulfonamides is 3. The summed E-state index contributed by atoms with van der Waals surface area (Å²) in [7, 11) is -17.2. The van der Waals surface area contributed by atoms with Gasteiger partial charge in [-0.05, 0) is 111 Å². The average Bonchev–Trinajstić information content (AvgIpc) is 4.25. The number of nitrogens with one attached hydrogen (secondary N) is 1. The molecule has 77 heavy (non-hydrogen) atoms. The summed E-state index contributed by atoms with van der Waals surface area (Å²) in [5, 5.41) is 4.42. The lowest BCUT2D eigenvalue weighted by atomic mass is 10.1. The summed E-state index contributed by atoms with van der Waals surface area (Å²) in [6.45, 7) is 7.38. The van der Waals surface area contributed by atoms with Gasteiger partial charge in [0.15, 0.2) is 11.2 Å². The molecule has 2 atom stereocenters. The van der Waals surface area contributed by atoms with Gasteiger partial charge in [0.05, 0.1) is 25.6 Å². The van der Waals surface area contributed by atoms with E-state index in [0.29, 0.717) is 36.8 Å². The SMILES string of the molecule is Cc1ccc(S(=O)(=O)O[C@@H]2CCN(c3ccc(S(=O)(=O)N(c4nccs4)S(=O)(=O)c4ccc(C)cc4)cc3)C2=O)cc1.O=C1C(N2CCN(c3cc(Cl)cc(Cl)c3)CC2)CCN1c1ccc(S(=O)(=O)Nc2nccs2)cc1. The molecule has 0 spiro atoms. The summed E-state index contributed by atoms with van der Waals surface area (Å²) in [6.07, 6.45) is 2.41. The second-order valence-electron chi connectivity index (χ2n) is 17.8. The Bertz CT molecular complexity index is 3700. The molecule has 3 fully saturated rings. The molecular formula is C50H48Cl2N8O11S6. The van der Waals surface area contributed by atoms with Crippen LogP contribution >= 0.6 is 45.9 Å². The van der Waals surface area contributed by atoms with Gasteiger partial charge in [-0.3, -0.25) is 23.4 Å². The summed E-state index contributed by atoms with van der Waals surface area (Å²) < 4.78 is 113. The molecule has 3 aliphatic heterocycles. The van der Waals surface area contributed by atoms with E-state index in [1.807, 2.05) is 19.1 Å². The third-order valence-electron chi connectivity index (χ3n) is 12.7. The molecular weight excluding hydrogens is 1150 g/mol. The minimum absolute atomic E-state index is 0.0424. The van der Waals surface area contributed by atoms with Crippen LogP contribution in [0.5, 0.6) is 0 Å². The second-order valence-corrected chi connectivity index (χ2v) is 27.5. The summed E-state index contributed by atoms with van der Waals surface area (Å²) >= 11 is 14.4. The van der Waals surface area contributed by atoms with Gasteiger partial charge in [0, 0.05) is 96.0 Å². The highest BCUT2D eigenvalue weighted by atomic mass is 35.5. The van der Waals surface area contributed by atoms with E-state index in [1.165, 1.54) is 94.7 Å². The summed E-state index contributed by atoms with van der Waals surface area (Å²) in [6, 6.07) is 28.6. The lowest BCUT2D eigenvalue weighted by Gasteiger charge is -2.38.